The van der Waals surface area contributed by atoms with E-state index in [0.717, 1.165) is 12.2 Å². The van der Waals surface area contributed by atoms with Crippen LogP contribution in [0.4, 0.5) is 0 Å². The molecule has 2 aliphatic rings. The molecule has 0 fully saturated rings. The van der Waals surface area contributed by atoms with Gasteiger partial charge in [-0.2, -0.15) is 0 Å². The number of hydrogen-bond acceptors (Lipinski definition) is 1. The topological polar surface area (TPSA) is 9.23 Å². The van der Waals surface area contributed by atoms with Crippen molar-refractivity contribution in [2.24, 2.45) is 0 Å². The Bertz CT molecular complexity index is 597. The van der Waals surface area contributed by atoms with E-state index in [0.29, 0.717) is 0 Å². The minimum Gasteiger partial charge on any atom is -0.482 e. The zero-order valence-electron chi connectivity index (χ0n) is 11.4. The van der Waals surface area contributed by atoms with E-state index >= 15 is 0 Å². The fraction of sp³-hybridized carbons (Fsp3) is 0.222. The van der Waals surface area contributed by atoms with Crippen LogP contribution in [-0.4, -0.2) is 6.10 Å². The van der Waals surface area contributed by atoms with Crippen LogP contribution in [0.3, 0.4) is 0 Å². The van der Waals surface area contributed by atoms with Gasteiger partial charge in [0.1, 0.15) is 11.9 Å². The van der Waals surface area contributed by atoms with E-state index in [9.17, 15) is 0 Å². The van der Waals surface area contributed by atoms with Gasteiger partial charge in [-0.15, -0.1) is 0 Å². The van der Waals surface area contributed by atoms with Gasteiger partial charge in [-0.3, -0.25) is 0 Å². The highest BCUT2D eigenvalue weighted by molar-refractivity contribution is 5.51. The number of benzene rings is 1. The molecule has 0 saturated heterocycles. The third kappa shape index (κ3) is 2.55. The zero-order chi connectivity index (χ0) is 13.2. The first kappa shape index (κ1) is 12.0. The Morgan fingerprint density at radius 3 is 2.68 bits per heavy atom. The lowest BCUT2D eigenvalue weighted by molar-refractivity contribution is 0.283. The molecule has 1 aromatic carbocycles. The van der Waals surface area contributed by atoms with E-state index in [1.807, 2.05) is 12.1 Å². The molecule has 0 spiro atoms. The van der Waals surface area contributed by atoms with Crippen LogP contribution in [0.15, 0.2) is 71.4 Å². The van der Waals surface area contributed by atoms with Gasteiger partial charge >= 0.3 is 0 Å². The molecule has 1 aromatic rings. The van der Waals surface area contributed by atoms with Gasteiger partial charge in [-0.1, -0.05) is 47.6 Å². The van der Waals surface area contributed by atoms with Gasteiger partial charge in [0, 0.05) is 0 Å². The lowest BCUT2D eigenvalue weighted by Crippen LogP contribution is -2.22. The van der Waals surface area contributed by atoms with Crippen LogP contribution in [0.2, 0.25) is 0 Å². The highest BCUT2D eigenvalue weighted by Gasteiger charge is 2.21. The molecule has 1 nitrogen and oxygen atoms in total. The molecule has 0 radical (unpaired) electrons. The highest BCUT2D eigenvalue weighted by atomic mass is 16.5. The van der Waals surface area contributed by atoms with E-state index in [1.54, 1.807) is 0 Å². The number of allylic oxidation sites excluding steroid dienone is 5. The fourth-order valence-electron chi connectivity index (χ4n) is 2.52. The predicted molar refractivity (Wildman–Crippen MR) is 79.3 cm³/mol. The molecule has 1 atom stereocenters. The van der Waals surface area contributed by atoms with Gasteiger partial charge in [0.05, 0.1) is 0 Å². The maximum absolute atomic E-state index is 6.13. The van der Waals surface area contributed by atoms with Gasteiger partial charge < -0.3 is 4.74 Å². The average molecular weight is 250 g/mol. The van der Waals surface area contributed by atoms with Gasteiger partial charge in [0.2, 0.25) is 0 Å². The van der Waals surface area contributed by atoms with Crippen molar-refractivity contribution >= 4 is 0 Å². The molecule has 0 heterocycles. The van der Waals surface area contributed by atoms with Crippen LogP contribution >= 0.6 is 0 Å². The number of ether oxygens (including phenoxy) is 1. The van der Waals surface area contributed by atoms with Gasteiger partial charge in [-0.25, -0.2) is 0 Å². The van der Waals surface area contributed by atoms with Crippen molar-refractivity contribution in [2.75, 3.05) is 0 Å². The summed E-state index contributed by atoms with van der Waals surface area (Å²) in [4.78, 5) is 0. The van der Waals surface area contributed by atoms with Crippen LogP contribution in [0.1, 0.15) is 18.9 Å². The van der Waals surface area contributed by atoms with Gasteiger partial charge in [0.25, 0.3) is 0 Å². The van der Waals surface area contributed by atoms with E-state index in [-0.39, 0.29) is 6.10 Å². The van der Waals surface area contributed by atoms with Crippen molar-refractivity contribution < 1.29 is 4.74 Å². The summed E-state index contributed by atoms with van der Waals surface area (Å²) in [5, 5.41) is 0. The third-order valence-corrected chi connectivity index (χ3v) is 3.53. The first-order valence-corrected chi connectivity index (χ1v) is 6.72. The second-order valence-corrected chi connectivity index (χ2v) is 5.19. The summed E-state index contributed by atoms with van der Waals surface area (Å²) in [5.74, 6) is 0.927. The Morgan fingerprint density at radius 1 is 1.11 bits per heavy atom. The average Bonchev–Trinajstić information content (AvgIpc) is 2.41. The van der Waals surface area contributed by atoms with Crippen molar-refractivity contribution in [2.45, 2.75) is 26.4 Å². The number of hydrogen-bond donors (Lipinski definition) is 0. The quantitative estimate of drug-likeness (QED) is 0.750. The Labute approximate surface area is 114 Å². The van der Waals surface area contributed by atoms with Gasteiger partial charge in [-0.05, 0) is 49.6 Å². The van der Waals surface area contributed by atoms with Crippen molar-refractivity contribution in [3.63, 3.8) is 0 Å². The maximum atomic E-state index is 6.13. The van der Waals surface area contributed by atoms with Crippen molar-refractivity contribution in [1.82, 2.24) is 0 Å². The summed E-state index contributed by atoms with van der Waals surface area (Å²) in [7, 11) is 0. The van der Waals surface area contributed by atoms with Crippen LogP contribution in [0.5, 0.6) is 5.75 Å². The molecule has 0 saturated carbocycles. The summed E-state index contributed by atoms with van der Waals surface area (Å²) < 4.78 is 6.13. The van der Waals surface area contributed by atoms with E-state index in [2.05, 4.69) is 56.4 Å². The summed E-state index contributed by atoms with van der Waals surface area (Å²) >= 11 is 0. The molecular formula is C18H18O. The summed E-state index contributed by atoms with van der Waals surface area (Å²) in [5.41, 5.74) is 5.19. The molecule has 1 heteroatoms. The van der Waals surface area contributed by atoms with Crippen LogP contribution < -0.4 is 4.74 Å². The molecular weight excluding hydrogens is 232 g/mol. The Balaban J connectivity index is 1.87. The zero-order valence-corrected chi connectivity index (χ0v) is 11.4. The van der Waals surface area contributed by atoms with Gasteiger partial charge in [0.15, 0.2) is 0 Å². The largest absolute Gasteiger partial charge is 0.482 e. The summed E-state index contributed by atoms with van der Waals surface area (Å²) in [6.45, 7) is 4.22. The van der Waals surface area contributed by atoms with Crippen LogP contribution in [-0.2, 0) is 0 Å². The molecule has 0 amide bonds. The number of rotatable bonds is 2. The standard InChI is InChI=1S/C18H18O/c1-13-7-9-16(10-8-13)19-18-12-14(2)11-15-5-3-4-6-17(15)18/h3-4,6-12,18H,5H2,1-2H3. The smallest absolute Gasteiger partial charge is 0.143 e. The van der Waals surface area contributed by atoms with Crippen molar-refractivity contribution in [3.05, 3.63) is 76.9 Å². The highest BCUT2D eigenvalue weighted by Crippen LogP contribution is 2.31. The third-order valence-electron chi connectivity index (χ3n) is 3.53. The molecule has 0 N–H and O–H groups in total. The lowest BCUT2D eigenvalue weighted by Gasteiger charge is -2.26. The Kier molecular flexibility index (Phi) is 3.12. The first-order chi connectivity index (χ1) is 9.22. The lowest BCUT2D eigenvalue weighted by atomic mass is 9.87. The minimum absolute atomic E-state index is 0.0349. The van der Waals surface area contributed by atoms with Crippen LogP contribution in [0, 0.1) is 6.92 Å². The maximum Gasteiger partial charge on any atom is 0.143 e. The first-order valence-electron chi connectivity index (χ1n) is 6.72. The molecule has 0 aromatic heterocycles. The minimum atomic E-state index is 0.0349. The Hall–Kier alpha value is -2.02. The second-order valence-electron chi connectivity index (χ2n) is 5.19. The van der Waals surface area contributed by atoms with E-state index in [4.69, 9.17) is 4.74 Å². The monoisotopic (exact) mass is 250 g/mol. The molecule has 2 aliphatic carbocycles. The SMILES string of the molecule is CC1=CC(Oc2ccc(C)cc2)C2=CC=CCC2=C1. The van der Waals surface area contributed by atoms with Crippen LogP contribution in [0.25, 0.3) is 0 Å². The fourth-order valence-corrected chi connectivity index (χ4v) is 2.52. The number of aryl methyl sites for hydroxylation is 1. The second kappa shape index (κ2) is 4.93. The van der Waals surface area contributed by atoms with E-state index in [1.165, 1.54) is 22.3 Å². The molecule has 3 rings (SSSR count). The molecule has 0 aliphatic heterocycles. The predicted octanol–water partition coefficient (Wildman–Crippen LogP) is 4.52. The Morgan fingerprint density at radius 2 is 1.89 bits per heavy atom. The van der Waals surface area contributed by atoms with Crippen molar-refractivity contribution in [1.29, 1.82) is 0 Å². The summed E-state index contributed by atoms with van der Waals surface area (Å²) in [6, 6.07) is 8.24. The van der Waals surface area contributed by atoms with E-state index < -0.39 is 0 Å². The normalized spacial score (nSPS) is 21.2. The van der Waals surface area contributed by atoms with Crippen molar-refractivity contribution in [3.8, 4) is 5.75 Å². The molecule has 1 unspecified atom stereocenters. The molecule has 0 bridgehead atoms. The summed E-state index contributed by atoms with van der Waals surface area (Å²) in [6.07, 6.45) is 12.0. The molecule has 96 valence electrons. The molecule has 19 heavy (non-hydrogen) atoms. The number of fused-ring (bicyclic) bond motifs is 1.